The summed E-state index contributed by atoms with van der Waals surface area (Å²) in [5, 5.41) is 10.4. The number of likely N-dealkylation sites (N-methyl/N-ethyl adjacent to an activating group) is 1. The molecule has 9 unspecified atom stereocenters. The Morgan fingerprint density at radius 3 is 2.43 bits per heavy atom. The number of hydrogen-bond acceptors (Lipinski definition) is 11. The lowest BCUT2D eigenvalue weighted by Gasteiger charge is -2.44. The Hall–Kier alpha value is -2.45. The number of cyclic esters (lactones) is 1. The van der Waals surface area contributed by atoms with Gasteiger partial charge in [0.2, 0.25) is 6.73 Å². The number of carbonyl (C=O) groups excluding carboxylic acids is 3. The predicted octanol–water partition coefficient (Wildman–Crippen LogP) is 6.93. The Morgan fingerprint density at radius 2 is 1.75 bits per heavy atom. The second kappa shape index (κ2) is 20.4. The number of methoxy groups -OCH3 is 1. The van der Waals surface area contributed by atoms with Crippen molar-refractivity contribution in [3.63, 3.8) is 0 Å². The Labute approximate surface area is 359 Å². The first-order valence-corrected chi connectivity index (χ1v) is 23.1. The summed E-state index contributed by atoms with van der Waals surface area (Å²) in [5.41, 5.74) is 0.716. The van der Waals surface area contributed by atoms with Gasteiger partial charge in [0, 0.05) is 37.7 Å². The number of quaternary nitrogens is 1. The van der Waals surface area contributed by atoms with Gasteiger partial charge in [0.1, 0.15) is 18.2 Å². The maximum absolute atomic E-state index is 14.9. The summed E-state index contributed by atoms with van der Waals surface area (Å²) in [6.07, 6.45) is 14.6. The zero-order valence-corrected chi connectivity index (χ0v) is 38.0. The van der Waals surface area contributed by atoms with Crippen molar-refractivity contribution in [3.05, 3.63) is 36.0 Å². The van der Waals surface area contributed by atoms with Crippen LogP contribution in [-0.4, -0.2) is 117 Å². The van der Waals surface area contributed by atoms with Crippen LogP contribution in [0.3, 0.4) is 0 Å². The molecule has 338 valence electrons. The predicted molar refractivity (Wildman–Crippen MR) is 226 cm³/mol. The number of ketones is 1. The van der Waals surface area contributed by atoms with E-state index in [0.29, 0.717) is 29.3 Å². The van der Waals surface area contributed by atoms with Crippen LogP contribution in [-0.2, 0) is 47.5 Å². The molecule has 17 atom stereocenters. The SMILES string of the molecule is CC/C=C/[C@H]1CCC[C@H](OC2CCC([N+](C)(C)COC(=O)C(C)C)C(C)O2)[C@@H](C)C(=O)C2=C[C@H]3[C@@H]4C[C@H](OC5OC(C)C(C)C(OC)C5CO)C[C@H]4C=C[C@H]3C2CC(=O)O1. The first kappa shape index (κ1) is 47.0. The maximum Gasteiger partial charge on any atom is 0.312 e. The van der Waals surface area contributed by atoms with Gasteiger partial charge >= 0.3 is 11.9 Å². The highest BCUT2D eigenvalue weighted by atomic mass is 16.7. The molecule has 1 saturated carbocycles. The summed E-state index contributed by atoms with van der Waals surface area (Å²) in [6, 6.07) is 0.104. The third-order valence-corrected chi connectivity index (χ3v) is 14.9. The second-order valence-corrected chi connectivity index (χ2v) is 19.7. The first-order chi connectivity index (χ1) is 28.6. The first-order valence-electron chi connectivity index (χ1n) is 23.1. The minimum atomic E-state index is -0.571. The van der Waals surface area contributed by atoms with Crippen LogP contribution in [0.5, 0.6) is 0 Å². The van der Waals surface area contributed by atoms with Crippen LogP contribution in [0.4, 0.5) is 0 Å². The van der Waals surface area contributed by atoms with Crippen molar-refractivity contribution in [2.45, 2.75) is 161 Å². The lowest BCUT2D eigenvalue weighted by atomic mass is 9.70. The van der Waals surface area contributed by atoms with E-state index in [1.54, 1.807) is 7.11 Å². The fraction of sp³-hybridized carbons (Fsp3) is 0.812. The smallest absolute Gasteiger partial charge is 0.312 e. The van der Waals surface area contributed by atoms with E-state index in [1.807, 2.05) is 33.8 Å². The van der Waals surface area contributed by atoms with E-state index >= 15 is 0 Å². The number of ether oxygens (including phenoxy) is 7. The molecule has 4 fully saturated rings. The number of fused-ring (bicyclic) bond motifs is 5. The van der Waals surface area contributed by atoms with Gasteiger partial charge in [0.15, 0.2) is 18.4 Å². The number of nitrogens with zero attached hydrogens (tertiary/aromatic N) is 1. The Morgan fingerprint density at radius 1 is 0.983 bits per heavy atom. The van der Waals surface area contributed by atoms with Gasteiger partial charge in [-0.2, -0.15) is 0 Å². The second-order valence-electron chi connectivity index (χ2n) is 19.7. The molecule has 6 aliphatic rings. The molecule has 0 spiro atoms. The number of Topliss-reactive ketones (excluding diaryl/α,β-unsaturated/α-hetero) is 1. The van der Waals surface area contributed by atoms with Crippen molar-refractivity contribution in [2.75, 3.05) is 34.5 Å². The zero-order valence-electron chi connectivity index (χ0n) is 38.0. The van der Waals surface area contributed by atoms with Crippen LogP contribution in [0.2, 0.25) is 0 Å². The normalized spacial score (nSPS) is 41.5. The summed E-state index contributed by atoms with van der Waals surface area (Å²) in [6.45, 7) is 14.1. The highest BCUT2D eigenvalue weighted by molar-refractivity contribution is 5.99. The molecule has 12 nitrogen and oxygen atoms in total. The molecule has 1 N–H and O–H groups in total. The lowest BCUT2D eigenvalue weighted by molar-refractivity contribution is -0.936. The molecule has 3 aliphatic heterocycles. The molecule has 60 heavy (non-hydrogen) atoms. The van der Waals surface area contributed by atoms with Crippen LogP contribution in [0.15, 0.2) is 36.0 Å². The fourth-order valence-corrected chi connectivity index (χ4v) is 11.3. The number of rotatable bonds is 12. The van der Waals surface area contributed by atoms with Gasteiger partial charge in [-0.1, -0.05) is 58.9 Å². The molecule has 0 bridgehead atoms. The van der Waals surface area contributed by atoms with Crippen molar-refractivity contribution >= 4 is 17.7 Å². The average molecular weight is 843 g/mol. The molecule has 0 aromatic heterocycles. The van der Waals surface area contributed by atoms with Crippen LogP contribution < -0.4 is 0 Å². The zero-order chi connectivity index (χ0) is 43.5. The average Bonchev–Trinajstić information content (AvgIpc) is 3.79. The van der Waals surface area contributed by atoms with E-state index in [4.69, 9.17) is 33.2 Å². The topological polar surface area (TPSA) is 136 Å². The lowest BCUT2D eigenvalue weighted by Crippen LogP contribution is -2.58. The van der Waals surface area contributed by atoms with Crippen LogP contribution in [0.25, 0.3) is 0 Å². The molecule has 0 aromatic rings. The minimum Gasteiger partial charge on any atom is -0.458 e. The summed E-state index contributed by atoms with van der Waals surface area (Å²) in [5.74, 6) is -0.981. The molecule has 6 rings (SSSR count). The molecular formula is C48H76NO11+. The summed E-state index contributed by atoms with van der Waals surface area (Å²) in [7, 11) is 5.82. The molecular weight excluding hydrogens is 767 g/mol. The van der Waals surface area contributed by atoms with Crippen LogP contribution in [0.1, 0.15) is 106 Å². The van der Waals surface area contributed by atoms with Gasteiger partial charge in [0.25, 0.3) is 0 Å². The maximum atomic E-state index is 14.9. The number of allylic oxidation sites excluding steroid dienone is 5. The standard InChI is InChI=1S/C48H76NO11/c1-11-12-14-33-15-13-16-42(60-44-20-19-41(31(7)56-44)49(8,9)26-55-47(53)27(2)3)29(5)45(52)39-23-37-35(38(39)24-43(51)58-33)18-17-32-21-34(22-36(32)37)59-48-40(25-50)46(54-10)28(4)30(6)57-48/h12,14,17-18,23,27-38,40-42,44,46,48,50H,11,13,15-16,19-22,24-26H2,1-10H3/q+1/b14-12+/t28?,29-,30?,31?,32-,33+,34-,35-,36-,37-,38?,40?,41?,42+,44?,46?,48?/m1/s1. The summed E-state index contributed by atoms with van der Waals surface area (Å²) in [4.78, 5) is 40.9. The molecule has 0 aromatic carbocycles. The summed E-state index contributed by atoms with van der Waals surface area (Å²) >= 11 is 0. The monoisotopic (exact) mass is 843 g/mol. The van der Waals surface area contributed by atoms with Crippen LogP contribution >= 0.6 is 0 Å². The largest absolute Gasteiger partial charge is 0.458 e. The quantitative estimate of drug-likeness (QED) is 0.0949. The van der Waals surface area contributed by atoms with Crippen molar-refractivity contribution in [2.24, 2.45) is 53.3 Å². The number of hydrogen-bond donors (Lipinski definition) is 1. The fourth-order valence-electron chi connectivity index (χ4n) is 11.3. The van der Waals surface area contributed by atoms with E-state index in [1.165, 1.54) is 0 Å². The van der Waals surface area contributed by atoms with Gasteiger partial charge in [-0.25, -0.2) is 0 Å². The van der Waals surface area contributed by atoms with Gasteiger partial charge < -0.3 is 38.3 Å². The highest BCUT2D eigenvalue weighted by Gasteiger charge is 2.52. The number of esters is 2. The van der Waals surface area contributed by atoms with Gasteiger partial charge in [-0.15, -0.1) is 0 Å². The van der Waals surface area contributed by atoms with Gasteiger partial charge in [0.05, 0.1) is 63.4 Å². The number of aliphatic hydroxyl groups excluding tert-OH is 1. The van der Waals surface area contributed by atoms with E-state index in [2.05, 4.69) is 59.2 Å². The van der Waals surface area contributed by atoms with E-state index in [0.717, 1.165) is 32.1 Å². The molecule has 0 radical (unpaired) electrons. The Kier molecular flexibility index (Phi) is 16.0. The Bertz CT molecular complexity index is 1570. The summed E-state index contributed by atoms with van der Waals surface area (Å²) < 4.78 is 44.6. The molecule has 3 heterocycles. The van der Waals surface area contributed by atoms with Crippen molar-refractivity contribution in [1.82, 2.24) is 0 Å². The molecule has 3 saturated heterocycles. The minimum absolute atomic E-state index is 0.00809. The highest BCUT2D eigenvalue weighted by Crippen LogP contribution is 2.54. The van der Waals surface area contributed by atoms with Crippen molar-refractivity contribution in [3.8, 4) is 0 Å². The third kappa shape index (κ3) is 10.5. The van der Waals surface area contributed by atoms with Crippen molar-refractivity contribution in [1.29, 1.82) is 0 Å². The van der Waals surface area contributed by atoms with Gasteiger partial charge in [-0.05, 0) is 87.7 Å². The van der Waals surface area contributed by atoms with E-state index in [-0.39, 0.29) is 127 Å². The van der Waals surface area contributed by atoms with Gasteiger partial charge in [-0.3, -0.25) is 18.9 Å². The third-order valence-electron chi connectivity index (χ3n) is 14.9. The molecule has 0 amide bonds. The molecule has 3 aliphatic carbocycles. The Balaban J connectivity index is 1.19. The molecule has 12 heteroatoms. The van der Waals surface area contributed by atoms with Crippen LogP contribution in [0, 0.1) is 53.3 Å². The van der Waals surface area contributed by atoms with E-state index < -0.39 is 18.5 Å². The van der Waals surface area contributed by atoms with Crippen molar-refractivity contribution < 1.29 is 57.1 Å². The number of carbonyl (C=O) groups is 3. The van der Waals surface area contributed by atoms with E-state index in [9.17, 15) is 19.5 Å². The number of aliphatic hydroxyl groups is 1.